The molecule has 0 aliphatic heterocycles. The van der Waals surface area contributed by atoms with E-state index in [9.17, 15) is 0 Å². The first-order chi connectivity index (χ1) is 9.15. The van der Waals surface area contributed by atoms with E-state index in [1.807, 2.05) is 11.3 Å². The van der Waals surface area contributed by atoms with Crippen LogP contribution in [0.5, 0.6) is 0 Å². The molecule has 1 atom stereocenters. The van der Waals surface area contributed by atoms with E-state index in [0.717, 1.165) is 6.54 Å². The van der Waals surface area contributed by atoms with Crippen molar-refractivity contribution in [1.29, 1.82) is 0 Å². The minimum absolute atomic E-state index is 0.288. The van der Waals surface area contributed by atoms with Gasteiger partial charge in [-0.3, -0.25) is 0 Å². The molecule has 0 radical (unpaired) electrons. The van der Waals surface area contributed by atoms with E-state index in [1.165, 1.54) is 24.7 Å². The highest BCUT2D eigenvalue weighted by atomic mass is 79.9. The summed E-state index contributed by atoms with van der Waals surface area (Å²) in [5.74, 6) is 0. The van der Waals surface area contributed by atoms with Gasteiger partial charge < -0.3 is 5.32 Å². The summed E-state index contributed by atoms with van der Waals surface area (Å²) in [6, 6.07) is 11.4. The van der Waals surface area contributed by atoms with Crippen LogP contribution >= 0.6 is 39.0 Å². The van der Waals surface area contributed by atoms with Gasteiger partial charge in [-0.25, -0.2) is 0 Å². The SMILES string of the molecule is CCNC(c1ccc(SC)cc1)c1cc(C)c(Br)s1. The Morgan fingerprint density at radius 3 is 2.47 bits per heavy atom. The van der Waals surface area contributed by atoms with Crippen LogP contribution < -0.4 is 5.32 Å². The predicted octanol–water partition coefficient (Wildman–Crippen LogP) is 5.24. The predicted molar refractivity (Wildman–Crippen MR) is 90.5 cm³/mol. The Labute approximate surface area is 131 Å². The number of thioether (sulfide) groups is 1. The number of benzene rings is 1. The molecule has 1 unspecified atom stereocenters. The molecule has 1 aromatic heterocycles. The maximum absolute atomic E-state index is 3.62. The number of halogens is 1. The Hall–Kier alpha value is -0.290. The summed E-state index contributed by atoms with van der Waals surface area (Å²) in [6.07, 6.45) is 2.11. The molecule has 0 aliphatic carbocycles. The lowest BCUT2D eigenvalue weighted by Crippen LogP contribution is -2.20. The zero-order valence-corrected chi connectivity index (χ0v) is 14.6. The third-order valence-corrected chi connectivity index (χ3v) is 5.96. The van der Waals surface area contributed by atoms with E-state index < -0.39 is 0 Å². The second-order valence-corrected chi connectivity index (χ2v) is 7.65. The van der Waals surface area contributed by atoms with E-state index in [4.69, 9.17) is 0 Å². The molecule has 102 valence electrons. The highest BCUT2D eigenvalue weighted by Crippen LogP contribution is 2.34. The van der Waals surface area contributed by atoms with Crippen molar-refractivity contribution in [2.45, 2.75) is 24.8 Å². The first kappa shape index (κ1) is 15.1. The first-order valence-corrected chi connectivity index (χ1v) is 9.12. The average molecular weight is 356 g/mol. The standard InChI is InChI=1S/C15H18BrNS2/c1-4-17-14(13-9-10(2)15(16)19-13)11-5-7-12(18-3)8-6-11/h5-9,14,17H,4H2,1-3H3. The number of rotatable bonds is 5. The van der Waals surface area contributed by atoms with E-state index in [2.05, 4.69) is 71.7 Å². The highest BCUT2D eigenvalue weighted by Gasteiger charge is 2.16. The summed E-state index contributed by atoms with van der Waals surface area (Å²) in [4.78, 5) is 2.67. The number of thiophene rings is 1. The van der Waals surface area contributed by atoms with Crippen molar-refractivity contribution in [3.8, 4) is 0 Å². The van der Waals surface area contributed by atoms with Gasteiger partial charge >= 0.3 is 0 Å². The van der Waals surface area contributed by atoms with Crippen molar-refractivity contribution in [2.24, 2.45) is 0 Å². The lowest BCUT2D eigenvalue weighted by Gasteiger charge is -2.17. The van der Waals surface area contributed by atoms with Gasteiger partial charge in [0.05, 0.1) is 9.83 Å². The van der Waals surface area contributed by atoms with Crippen LogP contribution in [0.25, 0.3) is 0 Å². The quantitative estimate of drug-likeness (QED) is 0.736. The van der Waals surface area contributed by atoms with Crippen LogP contribution in [0, 0.1) is 6.92 Å². The Morgan fingerprint density at radius 1 is 1.32 bits per heavy atom. The Bertz CT molecular complexity index is 514. The summed E-state index contributed by atoms with van der Waals surface area (Å²) >= 11 is 7.21. The van der Waals surface area contributed by atoms with E-state index >= 15 is 0 Å². The fourth-order valence-electron chi connectivity index (χ4n) is 2.01. The summed E-state index contributed by atoms with van der Waals surface area (Å²) in [6.45, 7) is 5.26. The second-order valence-electron chi connectivity index (χ2n) is 4.37. The zero-order valence-electron chi connectivity index (χ0n) is 11.4. The first-order valence-electron chi connectivity index (χ1n) is 6.29. The van der Waals surface area contributed by atoms with Crippen molar-refractivity contribution >= 4 is 39.0 Å². The van der Waals surface area contributed by atoms with Crippen LogP contribution in [-0.4, -0.2) is 12.8 Å². The van der Waals surface area contributed by atoms with Gasteiger partial charge in [-0.1, -0.05) is 19.1 Å². The van der Waals surface area contributed by atoms with Gasteiger partial charge in [-0.15, -0.1) is 23.1 Å². The molecule has 0 fully saturated rings. The number of hydrogen-bond donors (Lipinski definition) is 1. The molecular formula is C15H18BrNS2. The fraction of sp³-hybridized carbons (Fsp3) is 0.333. The summed E-state index contributed by atoms with van der Waals surface area (Å²) in [5, 5.41) is 3.58. The normalized spacial score (nSPS) is 12.6. The Morgan fingerprint density at radius 2 is 2.00 bits per heavy atom. The van der Waals surface area contributed by atoms with Gasteiger partial charge in [0.2, 0.25) is 0 Å². The molecule has 1 aromatic carbocycles. The van der Waals surface area contributed by atoms with Gasteiger partial charge in [0.15, 0.2) is 0 Å². The lowest BCUT2D eigenvalue weighted by molar-refractivity contribution is 0.639. The van der Waals surface area contributed by atoms with Crippen LogP contribution in [0.1, 0.15) is 29.0 Å². The molecule has 2 rings (SSSR count). The maximum Gasteiger partial charge on any atom is 0.0731 e. The van der Waals surface area contributed by atoms with Crippen molar-refractivity contribution in [3.63, 3.8) is 0 Å². The zero-order chi connectivity index (χ0) is 13.8. The van der Waals surface area contributed by atoms with Crippen LogP contribution in [0.4, 0.5) is 0 Å². The highest BCUT2D eigenvalue weighted by molar-refractivity contribution is 9.11. The molecule has 1 nitrogen and oxygen atoms in total. The van der Waals surface area contributed by atoms with Crippen molar-refractivity contribution in [3.05, 3.63) is 50.1 Å². The van der Waals surface area contributed by atoms with Crippen LogP contribution in [-0.2, 0) is 0 Å². The van der Waals surface area contributed by atoms with Crippen molar-refractivity contribution in [2.75, 3.05) is 12.8 Å². The van der Waals surface area contributed by atoms with Crippen LogP contribution in [0.2, 0.25) is 0 Å². The molecule has 0 spiro atoms. The smallest absolute Gasteiger partial charge is 0.0731 e. The molecule has 1 heterocycles. The molecule has 19 heavy (non-hydrogen) atoms. The van der Waals surface area contributed by atoms with E-state index in [0.29, 0.717) is 0 Å². The summed E-state index contributed by atoms with van der Waals surface area (Å²) in [7, 11) is 0. The Kier molecular flexibility index (Phi) is 5.51. The van der Waals surface area contributed by atoms with E-state index in [-0.39, 0.29) is 6.04 Å². The van der Waals surface area contributed by atoms with E-state index in [1.54, 1.807) is 11.8 Å². The molecule has 4 heteroatoms. The molecule has 0 saturated carbocycles. The molecule has 0 amide bonds. The monoisotopic (exact) mass is 355 g/mol. The fourth-order valence-corrected chi connectivity index (χ4v) is 4.09. The number of hydrogen-bond acceptors (Lipinski definition) is 3. The van der Waals surface area contributed by atoms with Crippen molar-refractivity contribution < 1.29 is 0 Å². The molecule has 0 saturated heterocycles. The number of nitrogens with one attached hydrogen (secondary N) is 1. The van der Waals surface area contributed by atoms with Gasteiger partial charge in [0.1, 0.15) is 0 Å². The summed E-state index contributed by atoms with van der Waals surface area (Å²) in [5.41, 5.74) is 2.64. The minimum Gasteiger partial charge on any atom is -0.306 e. The van der Waals surface area contributed by atoms with Gasteiger partial charge in [-0.2, -0.15) is 0 Å². The molecule has 0 bridgehead atoms. The lowest BCUT2D eigenvalue weighted by atomic mass is 10.1. The van der Waals surface area contributed by atoms with Gasteiger partial charge in [0, 0.05) is 9.77 Å². The topological polar surface area (TPSA) is 12.0 Å². The van der Waals surface area contributed by atoms with Gasteiger partial charge in [0.25, 0.3) is 0 Å². The number of aryl methyl sites for hydroxylation is 1. The summed E-state index contributed by atoms with van der Waals surface area (Å²) < 4.78 is 1.23. The van der Waals surface area contributed by atoms with Crippen LogP contribution in [0.15, 0.2) is 39.0 Å². The average Bonchev–Trinajstić information content (AvgIpc) is 2.76. The maximum atomic E-state index is 3.62. The third kappa shape index (κ3) is 3.63. The second kappa shape index (κ2) is 6.93. The molecule has 2 aromatic rings. The largest absolute Gasteiger partial charge is 0.306 e. The van der Waals surface area contributed by atoms with Crippen LogP contribution in [0.3, 0.4) is 0 Å². The Balaban J connectivity index is 2.33. The van der Waals surface area contributed by atoms with Gasteiger partial charge in [-0.05, 0) is 65.0 Å². The minimum atomic E-state index is 0.288. The molecule has 0 aliphatic rings. The molecule has 1 N–H and O–H groups in total. The third-order valence-electron chi connectivity index (χ3n) is 3.02. The molecular weight excluding hydrogens is 338 g/mol. The van der Waals surface area contributed by atoms with Crippen molar-refractivity contribution in [1.82, 2.24) is 5.32 Å².